The van der Waals surface area contributed by atoms with Crippen molar-refractivity contribution in [1.82, 2.24) is 0 Å². The van der Waals surface area contributed by atoms with Gasteiger partial charge in [-0.05, 0) is 50.2 Å². The summed E-state index contributed by atoms with van der Waals surface area (Å²) in [4.78, 5) is 12.6. The number of hydrogen-bond acceptors (Lipinski definition) is 1. The molecule has 0 radical (unpaired) electrons. The highest BCUT2D eigenvalue weighted by atomic mass is 79.9. The SMILES string of the molecule is Cc1ccc(Br)c(C(=O)C2CC(C)CC(C)C2)c1. The second-order valence-corrected chi connectivity index (χ2v) is 6.82. The van der Waals surface area contributed by atoms with E-state index in [9.17, 15) is 4.79 Å². The third-order valence-corrected chi connectivity index (χ3v) is 4.63. The average molecular weight is 309 g/mol. The minimum atomic E-state index is 0.210. The molecule has 0 N–H and O–H groups in total. The van der Waals surface area contributed by atoms with Crippen molar-refractivity contribution in [2.45, 2.75) is 40.0 Å². The molecule has 1 saturated carbocycles. The Balaban J connectivity index is 2.22. The number of carbonyl (C=O) groups excluding carboxylic acids is 1. The van der Waals surface area contributed by atoms with E-state index in [0.717, 1.165) is 28.4 Å². The van der Waals surface area contributed by atoms with Crippen LogP contribution >= 0.6 is 15.9 Å². The maximum absolute atomic E-state index is 12.6. The molecule has 1 aliphatic carbocycles. The molecule has 0 aromatic heterocycles. The molecule has 0 spiro atoms. The van der Waals surface area contributed by atoms with Crippen molar-refractivity contribution in [1.29, 1.82) is 0 Å². The average Bonchev–Trinajstić information content (AvgIpc) is 2.30. The van der Waals surface area contributed by atoms with E-state index >= 15 is 0 Å². The number of hydrogen-bond donors (Lipinski definition) is 0. The first-order chi connectivity index (χ1) is 8.47. The Hall–Kier alpha value is -0.630. The van der Waals surface area contributed by atoms with E-state index in [-0.39, 0.29) is 5.92 Å². The summed E-state index contributed by atoms with van der Waals surface area (Å²) in [6.07, 6.45) is 3.35. The number of carbonyl (C=O) groups is 1. The van der Waals surface area contributed by atoms with Gasteiger partial charge in [0.2, 0.25) is 0 Å². The fourth-order valence-electron chi connectivity index (χ4n) is 3.21. The smallest absolute Gasteiger partial charge is 0.167 e. The van der Waals surface area contributed by atoms with Crippen molar-refractivity contribution >= 4 is 21.7 Å². The number of Topliss-reactive ketones (excluding diaryl/α,β-unsaturated/α-hetero) is 1. The summed E-state index contributed by atoms with van der Waals surface area (Å²) >= 11 is 3.51. The maximum Gasteiger partial charge on any atom is 0.167 e. The van der Waals surface area contributed by atoms with Gasteiger partial charge in [-0.15, -0.1) is 0 Å². The second kappa shape index (κ2) is 5.56. The van der Waals surface area contributed by atoms with Crippen molar-refractivity contribution in [3.05, 3.63) is 33.8 Å². The van der Waals surface area contributed by atoms with E-state index in [2.05, 4.69) is 29.8 Å². The third-order valence-electron chi connectivity index (χ3n) is 3.94. The number of ketones is 1. The van der Waals surface area contributed by atoms with Crippen molar-refractivity contribution in [2.75, 3.05) is 0 Å². The number of rotatable bonds is 2. The summed E-state index contributed by atoms with van der Waals surface area (Å²) in [7, 11) is 0. The first kappa shape index (κ1) is 13.8. The van der Waals surface area contributed by atoms with Crippen LogP contribution in [0.4, 0.5) is 0 Å². The zero-order valence-electron chi connectivity index (χ0n) is 11.4. The topological polar surface area (TPSA) is 17.1 Å². The monoisotopic (exact) mass is 308 g/mol. The Morgan fingerprint density at radius 2 is 1.78 bits per heavy atom. The minimum absolute atomic E-state index is 0.210. The fourth-order valence-corrected chi connectivity index (χ4v) is 3.65. The molecule has 0 saturated heterocycles. The van der Waals surface area contributed by atoms with Crippen LogP contribution in [0.2, 0.25) is 0 Å². The van der Waals surface area contributed by atoms with Crippen LogP contribution in [0.1, 0.15) is 49.0 Å². The van der Waals surface area contributed by atoms with Gasteiger partial charge in [-0.3, -0.25) is 4.79 Å². The standard InChI is InChI=1S/C16H21BrO/c1-10-4-5-15(17)14(9-10)16(18)13-7-11(2)6-12(3)8-13/h4-5,9,11-13H,6-8H2,1-3H3. The zero-order valence-corrected chi connectivity index (χ0v) is 13.0. The first-order valence-electron chi connectivity index (χ1n) is 6.77. The summed E-state index contributed by atoms with van der Waals surface area (Å²) in [5, 5.41) is 0. The molecule has 2 rings (SSSR count). The molecule has 1 aromatic carbocycles. The number of benzene rings is 1. The zero-order chi connectivity index (χ0) is 13.3. The van der Waals surface area contributed by atoms with Crippen LogP contribution in [0.3, 0.4) is 0 Å². The van der Waals surface area contributed by atoms with Crippen LogP contribution in [0.5, 0.6) is 0 Å². The van der Waals surface area contributed by atoms with Gasteiger partial charge in [0.25, 0.3) is 0 Å². The van der Waals surface area contributed by atoms with Gasteiger partial charge in [0.05, 0.1) is 0 Å². The molecule has 0 bridgehead atoms. The lowest BCUT2D eigenvalue weighted by atomic mass is 9.74. The quantitative estimate of drug-likeness (QED) is 0.702. The van der Waals surface area contributed by atoms with Crippen LogP contribution < -0.4 is 0 Å². The summed E-state index contributed by atoms with van der Waals surface area (Å²) in [6.45, 7) is 6.57. The lowest BCUT2D eigenvalue weighted by Gasteiger charge is -2.30. The molecule has 1 fully saturated rings. The van der Waals surface area contributed by atoms with E-state index in [1.165, 1.54) is 6.42 Å². The van der Waals surface area contributed by atoms with Gasteiger partial charge in [-0.25, -0.2) is 0 Å². The first-order valence-corrected chi connectivity index (χ1v) is 7.57. The van der Waals surface area contributed by atoms with Crippen LogP contribution in [-0.4, -0.2) is 5.78 Å². The predicted molar refractivity (Wildman–Crippen MR) is 78.9 cm³/mol. The summed E-state index contributed by atoms with van der Waals surface area (Å²) < 4.78 is 0.934. The van der Waals surface area contributed by atoms with Crippen molar-refractivity contribution < 1.29 is 4.79 Å². The van der Waals surface area contributed by atoms with Gasteiger partial charge >= 0.3 is 0 Å². The van der Waals surface area contributed by atoms with Gasteiger partial charge in [0, 0.05) is 16.0 Å². The normalized spacial score (nSPS) is 28.1. The molecule has 18 heavy (non-hydrogen) atoms. The highest BCUT2D eigenvalue weighted by Gasteiger charge is 2.30. The second-order valence-electron chi connectivity index (χ2n) is 5.96. The molecule has 0 amide bonds. The van der Waals surface area contributed by atoms with Crippen molar-refractivity contribution in [2.24, 2.45) is 17.8 Å². The summed E-state index contributed by atoms with van der Waals surface area (Å²) in [5.41, 5.74) is 2.01. The third kappa shape index (κ3) is 3.03. The molecule has 2 unspecified atom stereocenters. The molecule has 2 atom stereocenters. The largest absolute Gasteiger partial charge is 0.294 e. The fraction of sp³-hybridized carbons (Fsp3) is 0.562. The number of halogens is 1. The predicted octanol–water partition coefficient (Wildman–Crippen LogP) is 5.01. The van der Waals surface area contributed by atoms with E-state index in [1.54, 1.807) is 0 Å². The van der Waals surface area contributed by atoms with Crippen LogP contribution in [0.25, 0.3) is 0 Å². The molecule has 1 aromatic rings. The van der Waals surface area contributed by atoms with E-state index in [1.807, 2.05) is 25.1 Å². The summed E-state index contributed by atoms with van der Waals surface area (Å²) in [6, 6.07) is 6.03. The Kier molecular flexibility index (Phi) is 4.26. The maximum atomic E-state index is 12.6. The molecule has 2 heteroatoms. The Morgan fingerprint density at radius 1 is 1.17 bits per heavy atom. The van der Waals surface area contributed by atoms with E-state index in [4.69, 9.17) is 0 Å². The summed E-state index contributed by atoms with van der Waals surface area (Å²) in [5.74, 6) is 1.88. The molecular formula is C16H21BrO. The Bertz CT molecular complexity index is 442. The Labute approximate surface area is 118 Å². The lowest BCUT2D eigenvalue weighted by Crippen LogP contribution is -2.26. The van der Waals surface area contributed by atoms with Gasteiger partial charge in [-0.2, -0.15) is 0 Å². The van der Waals surface area contributed by atoms with Gasteiger partial charge < -0.3 is 0 Å². The van der Waals surface area contributed by atoms with Gasteiger partial charge in [-0.1, -0.05) is 41.4 Å². The van der Waals surface area contributed by atoms with E-state index in [0.29, 0.717) is 17.6 Å². The van der Waals surface area contributed by atoms with Gasteiger partial charge in [0.1, 0.15) is 0 Å². The van der Waals surface area contributed by atoms with Crippen LogP contribution in [-0.2, 0) is 0 Å². The molecule has 1 nitrogen and oxygen atoms in total. The Morgan fingerprint density at radius 3 is 2.39 bits per heavy atom. The minimum Gasteiger partial charge on any atom is -0.294 e. The van der Waals surface area contributed by atoms with Gasteiger partial charge in [0.15, 0.2) is 5.78 Å². The van der Waals surface area contributed by atoms with Crippen molar-refractivity contribution in [3.63, 3.8) is 0 Å². The van der Waals surface area contributed by atoms with Crippen molar-refractivity contribution in [3.8, 4) is 0 Å². The highest BCUT2D eigenvalue weighted by molar-refractivity contribution is 9.10. The number of aryl methyl sites for hydroxylation is 1. The van der Waals surface area contributed by atoms with E-state index < -0.39 is 0 Å². The molecule has 1 aliphatic rings. The van der Waals surface area contributed by atoms with Crippen LogP contribution in [0, 0.1) is 24.7 Å². The van der Waals surface area contributed by atoms with Crippen LogP contribution in [0.15, 0.2) is 22.7 Å². The lowest BCUT2D eigenvalue weighted by molar-refractivity contribution is 0.0835. The highest BCUT2D eigenvalue weighted by Crippen LogP contribution is 2.35. The molecular weight excluding hydrogens is 288 g/mol. The molecule has 0 heterocycles. The molecule has 0 aliphatic heterocycles. The molecule has 98 valence electrons.